The molecule has 13 nitrogen and oxygen atoms in total. The van der Waals surface area contributed by atoms with E-state index in [1.165, 1.54) is 7.11 Å². The lowest BCUT2D eigenvalue weighted by molar-refractivity contribution is -0.313. The van der Waals surface area contributed by atoms with E-state index in [1.54, 1.807) is 0 Å². The van der Waals surface area contributed by atoms with Crippen molar-refractivity contribution in [3.05, 3.63) is 251 Å². The Morgan fingerprint density at radius 3 is 1.00 bits per heavy atom. The van der Waals surface area contributed by atoms with E-state index in [1.807, 2.05) is 212 Å². The third-order valence-corrected chi connectivity index (χ3v) is 13.2. The van der Waals surface area contributed by atoms with Gasteiger partial charge in [-0.2, -0.15) is 0 Å². The van der Waals surface area contributed by atoms with Gasteiger partial charge in [-0.1, -0.05) is 212 Å². The molecule has 2 aliphatic heterocycles. The molecule has 0 unspecified atom stereocenters. The summed E-state index contributed by atoms with van der Waals surface area (Å²) in [6.45, 7) is 1.87. The number of hydrogen-bond acceptors (Lipinski definition) is 12. The zero-order chi connectivity index (χ0) is 52.0. The zero-order valence-corrected chi connectivity index (χ0v) is 42.7. The third kappa shape index (κ3) is 16.0. The zero-order valence-electron chi connectivity index (χ0n) is 42.7. The molecule has 7 aromatic rings. The first-order valence-electron chi connectivity index (χ1n) is 25.9. The molecule has 396 valence electrons. The fourth-order valence-corrected chi connectivity index (χ4v) is 9.30. The molecule has 7 aromatic carbocycles. The van der Waals surface area contributed by atoms with Crippen LogP contribution in [0, 0.1) is 0 Å². The largest absolute Gasteiger partial charge is 0.438 e. The van der Waals surface area contributed by atoms with Crippen molar-refractivity contribution in [2.75, 3.05) is 20.3 Å². The second kappa shape index (κ2) is 29.1. The number of methoxy groups -OCH3 is 1. The molecule has 0 saturated carbocycles. The van der Waals surface area contributed by atoms with E-state index in [0.29, 0.717) is 13.2 Å². The van der Waals surface area contributed by atoms with E-state index in [-0.39, 0.29) is 46.2 Å². The van der Waals surface area contributed by atoms with E-state index >= 15 is 0 Å². The van der Waals surface area contributed by atoms with Gasteiger partial charge in [-0.25, -0.2) is 4.79 Å². The van der Waals surface area contributed by atoms with Crippen LogP contribution in [0.25, 0.3) is 0 Å². The molecular weight excluding hydrogens is 963 g/mol. The van der Waals surface area contributed by atoms with Gasteiger partial charge in [-0.05, 0) is 38.9 Å². The maximum Gasteiger partial charge on any atom is 0.409 e. The smallest absolute Gasteiger partial charge is 0.409 e. The summed E-state index contributed by atoms with van der Waals surface area (Å²) in [5.74, 6) is 0. The van der Waals surface area contributed by atoms with Crippen molar-refractivity contribution in [2.24, 2.45) is 0 Å². The molecule has 0 spiro atoms. The molecule has 0 bridgehead atoms. The standard InChI is InChI=1S/C63H67NO12/c1-66-62-60(58(72-42-51-33-19-7-20-34-51)56(70-40-49-29-15-5-16-30-49)54(75-62)45-68-38-47-25-11-3-12-26-47)76-63(65)64-61-59(73-43-52-35-21-8-22-36-52)57(71-41-50-31-17-6-18-32-50)55(69-39-48-27-13-4-14-28-48)53(74-61)44-67-37-46-23-9-2-10-24-46/h2-36,53-62H,37-45H2,1H3,(H,64,65)/t53-,54-,55-,56-,57+,58+,59-,60+,61+,62-/m1/s1. The molecule has 2 fully saturated rings. The summed E-state index contributed by atoms with van der Waals surface area (Å²) in [5.41, 5.74) is 6.64. The average Bonchev–Trinajstić information content (AvgIpc) is 3.48. The molecule has 1 N–H and O–H groups in total. The second-order valence-corrected chi connectivity index (χ2v) is 18.7. The van der Waals surface area contributed by atoms with Gasteiger partial charge < -0.3 is 52.1 Å². The van der Waals surface area contributed by atoms with Crippen molar-refractivity contribution < 1.29 is 56.9 Å². The van der Waals surface area contributed by atoms with Crippen molar-refractivity contribution >= 4 is 6.09 Å². The van der Waals surface area contributed by atoms with Gasteiger partial charge in [0.2, 0.25) is 0 Å². The lowest BCUT2D eigenvalue weighted by atomic mass is 9.96. The Labute approximate surface area is 445 Å². The number of amides is 1. The number of carbonyl (C=O) groups is 1. The number of benzene rings is 7. The van der Waals surface area contributed by atoms with Gasteiger partial charge in [0, 0.05) is 7.11 Å². The van der Waals surface area contributed by atoms with E-state index < -0.39 is 67.4 Å². The Morgan fingerprint density at radius 1 is 0.368 bits per heavy atom. The van der Waals surface area contributed by atoms with Gasteiger partial charge in [-0.3, -0.25) is 5.32 Å². The highest BCUT2D eigenvalue weighted by Crippen LogP contribution is 2.33. The van der Waals surface area contributed by atoms with Crippen LogP contribution in [0.4, 0.5) is 4.79 Å². The van der Waals surface area contributed by atoms with E-state index in [9.17, 15) is 4.79 Å². The SMILES string of the molecule is CO[C@@H]1O[C@H](COCc2ccccc2)[C@@H](OCc2ccccc2)[C@H](OCc2ccccc2)[C@@H]1OC(=O)N[C@H]1O[C@H](COCc2ccccc2)[C@@H](OCc2ccccc2)[C@H](OCc2ccccc2)[C@H]1OCc1ccccc1. The van der Waals surface area contributed by atoms with Crippen LogP contribution in [-0.2, 0) is 98.4 Å². The van der Waals surface area contributed by atoms with Crippen molar-refractivity contribution in [1.29, 1.82) is 0 Å². The summed E-state index contributed by atoms with van der Waals surface area (Å²) in [5, 5.41) is 3.06. The summed E-state index contributed by atoms with van der Waals surface area (Å²) < 4.78 is 73.1. The number of rotatable bonds is 26. The van der Waals surface area contributed by atoms with Gasteiger partial charge in [0.05, 0.1) is 59.5 Å². The predicted molar refractivity (Wildman–Crippen MR) is 285 cm³/mol. The minimum atomic E-state index is -1.16. The summed E-state index contributed by atoms with van der Waals surface area (Å²) >= 11 is 0. The Morgan fingerprint density at radius 2 is 0.658 bits per heavy atom. The molecule has 2 aliphatic rings. The molecule has 2 saturated heterocycles. The van der Waals surface area contributed by atoms with Crippen LogP contribution >= 0.6 is 0 Å². The Kier molecular flexibility index (Phi) is 20.7. The van der Waals surface area contributed by atoms with Crippen LogP contribution in [-0.4, -0.2) is 87.8 Å². The lowest BCUT2D eigenvalue weighted by Crippen LogP contribution is -2.66. The van der Waals surface area contributed by atoms with E-state index in [2.05, 4.69) is 5.32 Å². The van der Waals surface area contributed by atoms with Gasteiger partial charge >= 0.3 is 6.09 Å². The molecule has 10 atom stereocenters. The Bertz CT molecular complexity index is 2700. The minimum absolute atomic E-state index is 0.0873. The summed E-state index contributed by atoms with van der Waals surface area (Å²) in [6.07, 6.45) is -9.97. The molecule has 76 heavy (non-hydrogen) atoms. The Hall–Kier alpha value is -6.59. The second-order valence-electron chi connectivity index (χ2n) is 18.7. The third-order valence-electron chi connectivity index (χ3n) is 13.2. The van der Waals surface area contributed by atoms with Gasteiger partial charge in [0.15, 0.2) is 18.6 Å². The highest BCUT2D eigenvalue weighted by molar-refractivity contribution is 5.68. The molecule has 13 heteroatoms. The maximum absolute atomic E-state index is 15.0. The molecule has 2 heterocycles. The van der Waals surface area contributed by atoms with Crippen LogP contribution in [0.15, 0.2) is 212 Å². The average molecular weight is 1030 g/mol. The minimum Gasteiger partial charge on any atom is -0.438 e. The van der Waals surface area contributed by atoms with Crippen LogP contribution in [0.1, 0.15) is 38.9 Å². The van der Waals surface area contributed by atoms with E-state index in [4.69, 9.17) is 52.1 Å². The molecule has 0 aromatic heterocycles. The number of alkyl carbamates (subject to hydrolysis) is 1. The van der Waals surface area contributed by atoms with Crippen LogP contribution in [0.3, 0.4) is 0 Å². The van der Waals surface area contributed by atoms with Crippen molar-refractivity contribution in [3.63, 3.8) is 0 Å². The molecular formula is C63H67NO12. The first-order valence-corrected chi connectivity index (χ1v) is 25.9. The first kappa shape index (κ1) is 54.2. The van der Waals surface area contributed by atoms with Crippen LogP contribution in [0.5, 0.6) is 0 Å². The van der Waals surface area contributed by atoms with Crippen molar-refractivity contribution in [2.45, 2.75) is 108 Å². The quantitative estimate of drug-likeness (QED) is 0.0554. The summed E-state index contributed by atoms with van der Waals surface area (Å²) in [4.78, 5) is 15.0. The lowest BCUT2D eigenvalue weighted by Gasteiger charge is -2.47. The fraction of sp³-hybridized carbons (Fsp3) is 0.317. The summed E-state index contributed by atoms with van der Waals surface area (Å²) in [6, 6.07) is 69.0. The van der Waals surface area contributed by atoms with Crippen LogP contribution in [0.2, 0.25) is 0 Å². The number of ether oxygens (including phenoxy) is 11. The normalized spacial score (nSPS) is 23.4. The van der Waals surface area contributed by atoms with Crippen LogP contribution < -0.4 is 5.32 Å². The fourth-order valence-electron chi connectivity index (χ4n) is 9.30. The van der Waals surface area contributed by atoms with Gasteiger partial charge in [0.25, 0.3) is 0 Å². The number of carbonyl (C=O) groups excluding carboxylic acids is 1. The number of hydrogen-bond donors (Lipinski definition) is 1. The highest BCUT2D eigenvalue weighted by Gasteiger charge is 2.52. The predicted octanol–water partition coefficient (Wildman–Crippen LogP) is 10.5. The molecule has 0 aliphatic carbocycles. The monoisotopic (exact) mass is 1030 g/mol. The Balaban J connectivity index is 1.03. The molecule has 1 amide bonds. The summed E-state index contributed by atoms with van der Waals surface area (Å²) in [7, 11) is 1.50. The van der Waals surface area contributed by atoms with E-state index in [0.717, 1.165) is 38.9 Å². The van der Waals surface area contributed by atoms with Crippen molar-refractivity contribution in [1.82, 2.24) is 5.32 Å². The van der Waals surface area contributed by atoms with Crippen molar-refractivity contribution in [3.8, 4) is 0 Å². The molecule has 0 radical (unpaired) electrons. The highest BCUT2D eigenvalue weighted by atomic mass is 16.7. The maximum atomic E-state index is 15.0. The first-order chi connectivity index (χ1) is 37.6. The van der Waals surface area contributed by atoms with Gasteiger partial charge in [0.1, 0.15) is 42.7 Å². The topological polar surface area (TPSA) is 131 Å². The number of nitrogens with one attached hydrogen (secondary N) is 1. The van der Waals surface area contributed by atoms with Gasteiger partial charge in [-0.15, -0.1) is 0 Å². The molecule has 9 rings (SSSR count).